The summed E-state index contributed by atoms with van der Waals surface area (Å²) in [6.45, 7) is 9.24. The molecule has 0 saturated carbocycles. The third-order valence-electron chi connectivity index (χ3n) is 4.54. The lowest BCUT2D eigenvalue weighted by molar-refractivity contribution is -0.143. The quantitative estimate of drug-likeness (QED) is 0.479. The van der Waals surface area contributed by atoms with E-state index in [9.17, 15) is 9.90 Å². The van der Waals surface area contributed by atoms with Crippen molar-refractivity contribution < 1.29 is 24.1 Å². The molecule has 0 saturated heterocycles. The highest BCUT2D eigenvalue weighted by Crippen LogP contribution is 2.49. The Bertz CT molecular complexity index is 879. The molecule has 1 heterocycles. The van der Waals surface area contributed by atoms with Gasteiger partial charge >= 0.3 is 5.97 Å². The monoisotopic (exact) mass is 368 g/mol. The van der Waals surface area contributed by atoms with Gasteiger partial charge in [-0.25, -0.2) is 0 Å². The number of phenols is 1. The molecule has 1 N–H and O–H groups in total. The first-order chi connectivity index (χ1) is 12.7. The van der Waals surface area contributed by atoms with Crippen molar-refractivity contribution in [1.29, 1.82) is 0 Å². The molecule has 0 radical (unpaired) electrons. The maximum absolute atomic E-state index is 12.0. The van der Waals surface area contributed by atoms with Crippen molar-refractivity contribution in [3.8, 4) is 23.0 Å². The molecule has 0 amide bonds. The van der Waals surface area contributed by atoms with Gasteiger partial charge in [-0.1, -0.05) is 6.08 Å². The highest BCUT2D eigenvalue weighted by molar-refractivity contribution is 5.78. The Morgan fingerprint density at radius 3 is 2.44 bits per heavy atom. The first-order valence-corrected chi connectivity index (χ1v) is 8.77. The molecule has 0 unspecified atom stereocenters. The summed E-state index contributed by atoms with van der Waals surface area (Å²) >= 11 is 0. The van der Waals surface area contributed by atoms with Gasteiger partial charge in [-0.05, 0) is 51.1 Å². The number of fused-ring (bicyclic) bond motifs is 1. The van der Waals surface area contributed by atoms with Crippen molar-refractivity contribution >= 4 is 5.97 Å². The topological polar surface area (TPSA) is 65.0 Å². The normalized spacial score (nSPS) is 18.4. The zero-order chi connectivity index (χ0) is 19.8. The fraction of sp³-hybridized carbons (Fsp3) is 0.318. The summed E-state index contributed by atoms with van der Waals surface area (Å²) in [6, 6.07) is 10.4. The minimum Gasteiger partial charge on any atom is -0.507 e. The number of phenolic OH excluding ortho intramolecular Hbond substituents is 1. The Morgan fingerprint density at radius 1 is 1.15 bits per heavy atom. The Morgan fingerprint density at radius 2 is 1.85 bits per heavy atom. The molecule has 0 bridgehead atoms. The number of esters is 1. The van der Waals surface area contributed by atoms with E-state index < -0.39 is 11.5 Å². The smallest absolute Gasteiger partial charge is 0.316 e. The van der Waals surface area contributed by atoms with Crippen molar-refractivity contribution in [3.05, 3.63) is 60.2 Å². The van der Waals surface area contributed by atoms with Crippen LogP contribution in [-0.2, 0) is 4.79 Å². The van der Waals surface area contributed by atoms with Gasteiger partial charge in [0.1, 0.15) is 29.1 Å². The second-order valence-electron chi connectivity index (χ2n) is 7.56. The number of carbonyl (C=O) groups is 1. The van der Waals surface area contributed by atoms with Gasteiger partial charge in [-0.2, -0.15) is 0 Å². The maximum atomic E-state index is 12.0. The van der Waals surface area contributed by atoms with E-state index in [1.54, 1.807) is 46.1 Å². The summed E-state index contributed by atoms with van der Waals surface area (Å²) in [5.41, 5.74) is 0.930. The molecule has 2 aromatic carbocycles. The lowest BCUT2D eigenvalue weighted by atomic mass is 9.90. The van der Waals surface area contributed by atoms with Gasteiger partial charge in [0.25, 0.3) is 0 Å². The lowest BCUT2D eigenvalue weighted by Crippen LogP contribution is -2.25. The summed E-state index contributed by atoms with van der Waals surface area (Å²) in [4.78, 5) is 12.0. The highest BCUT2D eigenvalue weighted by Gasteiger charge is 2.35. The van der Waals surface area contributed by atoms with E-state index in [0.29, 0.717) is 11.3 Å². The van der Waals surface area contributed by atoms with E-state index in [1.165, 1.54) is 6.07 Å². The minimum absolute atomic E-state index is 0.00540. The molecule has 2 atom stereocenters. The van der Waals surface area contributed by atoms with Crippen molar-refractivity contribution in [3.63, 3.8) is 0 Å². The van der Waals surface area contributed by atoms with E-state index in [1.807, 2.05) is 18.2 Å². The third-order valence-corrected chi connectivity index (χ3v) is 4.54. The van der Waals surface area contributed by atoms with Crippen molar-refractivity contribution in [2.45, 2.75) is 32.8 Å². The summed E-state index contributed by atoms with van der Waals surface area (Å²) in [5, 5.41) is 10.5. The first-order valence-electron chi connectivity index (χ1n) is 8.77. The minimum atomic E-state index is -0.627. The van der Waals surface area contributed by atoms with Crippen molar-refractivity contribution in [2.24, 2.45) is 5.41 Å². The molecular formula is C22H24O5. The Balaban J connectivity index is 1.88. The maximum Gasteiger partial charge on any atom is 0.316 e. The largest absolute Gasteiger partial charge is 0.507 e. The molecule has 142 valence electrons. The van der Waals surface area contributed by atoms with Gasteiger partial charge in [-0.15, -0.1) is 6.58 Å². The summed E-state index contributed by atoms with van der Waals surface area (Å²) in [6.07, 6.45) is 1.38. The first kappa shape index (κ1) is 18.8. The van der Waals surface area contributed by atoms with E-state index >= 15 is 0 Å². The summed E-state index contributed by atoms with van der Waals surface area (Å²) in [7, 11) is 1.61. The Kier molecular flexibility index (Phi) is 4.87. The Hall–Kier alpha value is -2.95. The van der Waals surface area contributed by atoms with E-state index in [4.69, 9.17) is 14.2 Å². The molecule has 0 aliphatic carbocycles. The van der Waals surface area contributed by atoms with Crippen LogP contribution in [0.15, 0.2) is 49.1 Å². The number of carbonyl (C=O) groups excluding carboxylic acids is 1. The summed E-state index contributed by atoms with van der Waals surface area (Å²) < 4.78 is 16.7. The number of aromatic hydroxyl groups is 1. The zero-order valence-corrected chi connectivity index (χ0v) is 16.0. The van der Waals surface area contributed by atoms with Gasteiger partial charge in [0.05, 0.1) is 12.5 Å². The van der Waals surface area contributed by atoms with Crippen molar-refractivity contribution in [1.82, 2.24) is 0 Å². The SMILES string of the molecule is C=C[C@H]1c2cc(OC)ccc2O[C@@H]1c1ccc(OC(=O)C(C)(C)C)cc1O. The van der Waals surface area contributed by atoms with Crippen LogP contribution in [0, 0.1) is 5.41 Å². The predicted octanol–water partition coefficient (Wildman–Crippen LogP) is 4.76. The molecule has 5 nitrogen and oxygen atoms in total. The van der Waals surface area contributed by atoms with Crippen LogP contribution >= 0.6 is 0 Å². The Labute approximate surface area is 159 Å². The molecule has 27 heavy (non-hydrogen) atoms. The molecule has 1 aliphatic rings. The number of benzene rings is 2. The number of hydrogen-bond donors (Lipinski definition) is 1. The number of rotatable bonds is 4. The van der Waals surface area contributed by atoms with Gasteiger partial charge in [-0.3, -0.25) is 4.79 Å². The molecule has 1 aliphatic heterocycles. The van der Waals surface area contributed by atoms with E-state index in [2.05, 4.69) is 6.58 Å². The van der Waals surface area contributed by atoms with Crippen LogP contribution in [0.1, 0.15) is 43.9 Å². The van der Waals surface area contributed by atoms with Crippen molar-refractivity contribution in [2.75, 3.05) is 7.11 Å². The molecule has 5 heteroatoms. The standard InChI is InChI=1S/C22H24O5/c1-6-15-17-11-13(25-5)8-10-19(17)27-20(15)16-9-7-14(12-18(16)23)26-21(24)22(2,3)4/h6-12,15,20,23H,1H2,2-5H3/t15-,20-/m0/s1. The fourth-order valence-corrected chi connectivity index (χ4v) is 2.99. The predicted molar refractivity (Wildman–Crippen MR) is 102 cm³/mol. The third kappa shape index (κ3) is 3.63. The number of methoxy groups -OCH3 is 1. The number of hydrogen-bond acceptors (Lipinski definition) is 5. The molecular weight excluding hydrogens is 344 g/mol. The molecule has 0 spiro atoms. The van der Waals surface area contributed by atoms with Crippen LogP contribution < -0.4 is 14.2 Å². The molecule has 3 rings (SSSR count). The lowest BCUT2D eigenvalue weighted by Gasteiger charge is -2.19. The van der Waals surface area contributed by atoms with Crippen LogP contribution in [-0.4, -0.2) is 18.2 Å². The van der Waals surface area contributed by atoms with Crippen LogP contribution in [0.2, 0.25) is 0 Å². The average molecular weight is 368 g/mol. The molecule has 0 aromatic heterocycles. The van der Waals surface area contributed by atoms with Gasteiger partial charge < -0.3 is 19.3 Å². The fourth-order valence-electron chi connectivity index (χ4n) is 2.99. The van der Waals surface area contributed by atoms with Gasteiger partial charge in [0.15, 0.2) is 0 Å². The van der Waals surface area contributed by atoms with Gasteiger partial charge in [0, 0.05) is 23.1 Å². The van der Waals surface area contributed by atoms with E-state index in [-0.39, 0.29) is 17.6 Å². The molecule has 0 fully saturated rings. The van der Waals surface area contributed by atoms with E-state index in [0.717, 1.165) is 17.1 Å². The van der Waals surface area contributed by atoms with Crippen LogP contribution in [0.3, 0.4) is 0 Å². The number of ether oxygens (including phenoxy) is 3. The van der Waals surface area contributed by atoms with Crippen LogP contribution in [0.4, 0.5) is 0 Å². The average Bonchev–Trinajstić information content (AvgIpc) is 2.98. The summed E-state index contributed by atoms with van der Waals surface area (Å²) in [5.74, 6) is 1.26. The highest BCUT2D eigenvalue weighted by atomic mass is 16.5. The van der Waals surface area contributed by atoms with Crippen LogP contribution in [0.5, 0.6) is 23.0 Å². The molecule has 2 aromatic rings. The van der Waals surface area contributed by atoms with Gasteiger partial charge in [0.2, 0.25) is 0 Å². The zero-order valence-electron chi connectivity index (χ0n) is 16.0. The second-order valence-corrected chi connectivity index (χ2v) is 7.56. The second kappa shape index (κ2) is 6.99. The van der Waals surface area contributed by atoms with Crippen LogP contribution in [0.25, 0.3) is 0 Å².